The molecule has 0 aromatic heterocycles. The van der Waals surface area contributed by atoms with E-state index < -0.39 is 4.92 Å². The Kier molecular flexibility index (Phi) is 4.62. The molecular formula is C14H11BrClNO3. The van der Waals surface area contributed by atoms with Crippen molar-refractivity contribution >= 4 is 33.2 Å². The minimum atomic E-state index is -0.454. The standard InChI is InChI=1S/C14H11BrClNO3/c1-9-6-11(3-4-12(9)16)20-14-5-2-10(8-15)7-13(14)17(18)19/h2-7H,8H2,1H3. The molecule has 0 radical (unpaired) electrons. The van der Waals surface area contributed by atoms with Crippen molar-refractivity contribution < 1.29 is 9.66 Å². The highest BCUT2D eigenvalue weighted by molar-refractivity contribution is 9.08. The third-order valence-electron chi connectivity index (χ3n) is 2.73. The zero-order valence-electron chi connectivity index (χ0n) is 10.6. The second-order valence-electron chi connectivity index (χ2n) is 4.21. The maximum absolute atomic E-state index is 11.1. The number of rotatable bonds is 4. The van der Waals surface area contributed by atoms with E-state index in [1.807, 2.05) is 6.92 Å². The molecule has 0 unspecified atom stereocenters. The minimum Gasteiger partial charge on any atom is -0.450 e. The summed E-state index contributed by atoms with van der Waals surface area (Å²) in [5.74, 6) is 0.725. The van der Waals surface area contributed by atoms with Crippen LogP contribution in [0.1, 0.15) is 11.1 Å². The van der Waals surface area contributed by atoms with Crippen molar-refractivity contribution in [1.82, 2.24) is 0 Å². The zero-order valence-corrected chi connectivity index (χ0v) is 12.9. The second kappa shape index (κ2) is 6.24. The summed E-state index contributed by atoms with van der Waals surface area (Å²) >= 11 is 9.21. The number of hydrogen-bond acceptors (Lipinski definition) is 3. The highest BCUT2D eigenvalue weighted by Gasteiger charge is 2.16. The van der Waals surface area contributed by atoms with Crippen LogP contribution in [0.25, 0.3) is 0 Å². The molecule has 0 aliphatic carbocycles. The van der Waals surface area contributed by atoms with E-state index >= 15 is 0 Å². The minimum absolute atomic E-state index is 0.0606. The molecular weight excluding hydrogens is 346 g/mol. The smallest absolute Gasteiger partial charge is 0.311 e. The molecule has 0 atom stereocenters. The molecule has 0 heterocycles. The van der Waals surface area contributed by atoms with E-state index in [2.05, 4.69) is 15.9 Å². The lowest BCUT2D eigenvalue weighted by Gasteiger charge is -2.08. The zero-order chi connectivity index (χ0) is 14.7. The van der Waals surface area contributed by atoms with E-state index in [1.165, 1.54) is 6.07 Å². The number of ether oxygens (including phenoxy) is 1. The number of aryl methyl sites for hydroxylation is 1. The van der Waals surface area contributed by atoms with Gasteiger partial charge in [0.2, 0.25) is 5.75 Å². The van der Waals surface area contributed by atoms with Gasteiger partial charge in [-0.2, -0.15) is 0 Å². The molecule has 0 bridgehead atoms. The summed E-state index contributed by atoms with van der Waals surface area (Å²) in [4.78, 5) is 10.6. The molecule has 2 rings (SSSR count). The monoisotopic (exact) mass is 355 g/mol. The molecule has 0 aliphatic rings. The summed E-state index contributed by atoms with van der Waals surface area (Å²) in [7, 11) is 0. The van der Waals surface area contributed by atoms with Crippen LogP contribution in [0.5, 0.6) is 11.5 Å². The van der Waals surface area contributed by atoms with E-state index in [0.29, 0.717) is 16.1 Å². The molecule has 0 saturated heterocycles. The number of hydrogen-bond donors (Lipinski definition) is 0. The highest BCUT2D eigenvalue weighted by atomic mass is 79.9. The summed E-state index contributed by atoms with van der Waals surface area (Å²) in [6.45, 7) is 1.84. The first kappa shape index (κ1) is 14.8. The van der Waals surface area contributed by atoms with Crippen LogP contribution in [0.4, 0.5) is 5.69 Å². The maximum Gasteiger partial charge on any atom is 0.311 e. The molecule has 20 heavy (non-hydrogen) atoms. The van der Waals surface area contributed by atoms with Gasteiger partial charge in [-0.15, -0.1) is 0 Å². The predicted octanol–water partition coefficient (Wildman–Crippen LogP) is 5.24. The van der Waals surface area contributed by atoms with E-state index in [1.54, 1.807) is 30.3 Å². The van der Waals surface area contributed by atoms with Crippen LogP contribution in [0, 0.1) is 17.0 Å². The van der Waals surface area contributed by atoms with E-state index in [-0.39, 0.29) is 11.4 Å². The van der Waals surface area contributed by atoms with Crippen LogP contribution in [0.3, 0.4) is 0 Å². The van der Waals surface area contributed by atoms with E-state index in [9.17, 15) is 10.1 Å². The Hall–Kier alpha value is -1.59. The van der Waals surface area contributed by atoms with E-state index in [4.69, 9.17) is 16.3 Å². The molecule has 0 aliphatic heterocycles. The van der Waals surface area contributed by atoms with Crippen molar-refractivity contribution in [2.45, 2.75) is 12.3 Å². The lowest BCUT2D eigenvalue weighted by molar-refractivity contribution is -0.385. The van der Waals surface area contributed by atoms with E-state index in [0.717, 1.165) is 11.1 Å². The topological polar surface area (TPSA) is 52.4 Å². The summed E-state index contributed by atoms with van der Waals surface area (Å²) in [6.07, 6.45) is 0. The average molecular weight is 357 g/mol. The molecule has 0 fully saturated rings. The van der Waals surface area contributed by atoms with Crippen molar-refractivity contribution in [2.24, 2.45) is 0 Å². The van der Waals surface area contributed by atoms with Gasteiger partial charge in [0.05, 0.1) is 4.92 Å². The van der Waals surface area contributed by atoms with Crippen LogP contribution in [0.2, 0.25) is 5.02 Å². The molecule has 0 amide bonds. The first-order chi connectivity index (χ1) is 9.51. The fourth-order valence-corrected chi connectivity index (χ4v) is 2.15. The SMILES string of the molecule is Cc1cc(Oc2ccc(CBr)cc2[N+](=O)[O-])ccc1Cl. The second-order valence-corrected chi connectivity index (χ2v) is 5.17. The summed E-state index contributed by atoms with van der Waals surface area (Å²) in [5.41, 5.74) is 1.61. The number of halogens is 2. The highest BCUT2D eigenvalue weighted by Crippen LogP contribution is 2.33. The molecule has 2 aromatic rings. The van der Waals surface area contributed by atoms with Gasteiger partial charge in [-0.25, -0.2) is 0 Å². The molecule has 0 saturated carbocycles. The molecule has 0 N–H and O–H groups in total. The number of nitrogens with zero attached hydrogens (tertiary/aromatic N) is 1. The predicted molar refractivity (Wildman–Crippen MR) is 82.0 cm³/mol. The van der Waals surface area contributed by atoms with Gasteiger partial charge in [0.15, 0.2) is 0 Å². The van der Waals surface area contributed by atoms with Gasteiger partial charge in [-0.3, -0.25) is 10.1 Å². The maximum atomic E-state index is 11.1. The fourth-order valence-electron chi connectivity index (χ4n) is 1.68. The van der Waals surface area contributed by atoms with Crippen LogP contribution in [-0.2, 0) is 5.33 Å². The van der Waals surface area contributed by atoms with Gasteiger partial charge in [-0.05, 0) is 42.3 Å². The summed E-state index contributed by atoms with van der Waals surface area (Å²) in [6, 6.07) is 9.98. The third kappa shape index (κ3) is 3.29. The Morgan fingerprint density at radius 3 is 2.65 bits per heavy atom. The van der Waals surface area contributed by atoms with Crippen LogP contribution >= 0.6 is 27.5 Å². The molecule has 2 aromatic carbocycles. The first-order valence-corrected chi connectivity index (χ1v) is 7.28. The average Bonchev–Trinajstić information content (AvgIpc) is 2.43. The van der Waals surface area contributed by atoms with Crippen molar-refractivity contribution in [3.8, 4) is 11.5 Å². The van der Waals surface area contributed by atoms with Crippen molar-refractivity contribution in [3.63, 3.8) is 0 Å². The molecule has 104 valence electrons. The van der Waals surface area contributed by atoms with Crippen LogP contribution < -0.4 is 4.74 Å². The van der Waals surface area contributed by atoms with Crippen LogP contribution in [0.15, 0.2) is 36.4 Å². The lowest BCUT2D eigenvalue weighted by Crippen LogP contribution is -1.95. The van der Waals surface area contributed by atoms with Crippen LogP contribution in [-0.4, -0.2) is 4.92 Å². The molecule has 6 heteroatoms. The van der Waals surface area contributed by atoms with Crippen molar-refractivity contribution in [1.29, 1.82) is 0 Å². The number of nitro groups is 1. The normalized spacial score (nSPS) is 10.3. The van der Waals surface area contributed by atoms with Gasteiger partial charge in [0.1, 0.15) is 5.75 Å². The Morgan fingerprint density at radius 2 is 2.05 bits per heavy atom. The Labute approximate surface area is 129 Å². The van der Waals surface area contributed by atoms with Crippen molar-refractivity contribution in [2.75, 3.05) is 0 Å². The van der Waals surface area contributed by atoms with Crippen molar-refractivity contribution in [3.05, 3.63) is 62.7 Å². The third-order valence-corrected chi connectivity index (χ3v) is 3.80. The largest absolute Gasteiger partial charge is 0.450 e. The summed E-state index contributed by atoms with van der Waals surface area (Å²) < 4.78 is 5.59. The Morgan fingerprint density at radius 1 is 1.30 bits per heavy atom. The van der Waals surface area contributed by atoms with Gasteiger partial charge in [-0.1, -0.05) is 33.6 Å². The number of alkyl halides is 1. The van der Waals surface area contributed by atoms with Gasteiger partial charge in [0.25, 0.3) is 0 Å². The molecule has 4 nitrogen and oxygen atoms in total. The summed E-state index contributed by atoms with van der Waals surface area (Å²) in [5, 5.41) is 12.3. The van der Waals surface area contributed by atoms with Gasteiger partial charge < -0.3 is 4.74 Å². The number of nitro benzene ring substituents is 1. The molecule has 0 spiro atoms. The number of benzene rings is 2. The van der Waals surface area contributed by atoms with Gasteiger partial charge in [0, 0.05) is 16.4 Å². The fraction of sp³-hybridized carbons (Fsp3) is 0.143. The lowest BCUT2D eigenvalue weighted by atomic mass is 10.2. The quantitative estimate of drug-likeness (QED) is 0.427. The first-order valence-electron chi connectivity index (χ1n) is 5.78. The van der Waals surface area contributed by atoms with Gasteiger partial charge >= 0.3 is 5.69 Å². The Bertz CT molecular complexity index is 661. The Balaban J connectivity index is 2.37.